The maximum atomic E-state index is 13.9. The molecule has 100 valence electrons. The molecular formula is C14H12Br2FNO. The molecule has 1 unspecified atom stereocenters. The first kappa shape index (κ1) is 14.5. The number of benzene rings is 2. The third kappa shape index (κ3) is 3.55. The van der Waals surface area contributed by atoms with Crippen LogP contribution in [0.1, 0.15) is 18.5 Å². The number of nitrogens with two attached hydrogens (primary N) is 1. The second-order valence-electron chi connectivity index (χ2n) is 4.16. The zero-order valence-electron chi connectivity index (χ0n) is 10.2. The molecule has 0 spiro atoms. The summed E-state index contributed by atoms with van der Waals surface area (Å²) in [5.74, 6) is 0.299. The molecule has 2 nitrogen and oxygen atoms in total. The monoisotopic (exact) mass is 387 g/mol. The van der Waals surface area contributed by atoms with Crippen LogP contribution in [0.4, 0.5) is 4.39 Å². The summed E-state index contributed by atoms with van der Waals surface area (Å²) in [5, 5.41) is 0. The van der Waals surface area contributed by atoms with Crippen LogP contribution in [0, 0.1) is 5.82 Å². The molecule has 0 amide bonds. The number of halogens is 3. The van der Waals surface area contributed by atoms with Crippen molar-refractivity contribution < 1.29 is 9.13 Å². The Morgan fingerprint density at radius 1 is 1.11 bits per heavy atom. The molecule has 0 saturated carbocycles. The largest absolute Gasteiger partial charge is 0.453 e. The molecule has 0 aromatic heterocycles. The third-order valence-electron chi connectivity index (χ3n) is 2.60. The fraction of sp³-hybridized carbons (Fsp3) is 0.143. The SMILES string of the molecule is CC(N)c1ccc(Oc2ccc(Br)cc2Br)c(F)c1. The Balaban J connectivity index is 2.28. The van der Waals surface area contributed by atoms with Crippen molar-refractivity contribution in [2.24, 2.45) is 5.73 Å². The smallest absolute Gasteiger partial charge is 0.166 e. The second-order valence-corrected chi connectivity index (χ2v) is 5.93. The van der Waals surface area contributed by atoms with Gasteiger partial charge in [-0.3, -0.25) is 0 Å². The summed E-state index contributed by atoms with van der Waals surface area (Å²) in [5.41, 5.74) is 6.44. The van der Waals surface area contributed by atoms with Crippen LogP contribution in [-0.2, 0) is 0 Å². The summed E-state index contributed by atoms with van der Waals surface area (Å²) in [7, 11) is 0. The van der Waals surface area contributed by atoms with Gasteiger partial charge >= 0.3 is 0 Å². The molecule has 0 bridgehead atoms. The topological polar surface area (TPSA) is 35.2 Å². The number of hydrogen-bond acceptors (Lipinski definition) is 2. The van der Waals surface area contributed by atoms with E-state index >= 15 is 0 Å². The lowest BCUT2D eigenvalue weighted by atomic mass is 10.1. The van der Waals surface area contributed by atoms with Crippen LogP contribution in [0.5, 0.6) is 11.5 Å². The van der Waals surface area contributed by atoms with Crippen molar-refractivity contribution in [3.8, 4) is 11.5 Å². The van der Waals surface area contributed by atoms with Crippen LogP contribution in [0.25, 0.3) is 0 Å². The van der Waals surface area contributed by atoms with Gasteiger partial charge in [-0.2, -0.15) is 0 Å². The van der Waals surface area contributed by atoms with E-state index in [1.165, 1.54) is 6.07 Å². The molecule has 5 heteroatoms. The van der Waals surface area contributed by atoms with Gasteiger partial charge in [-0.25, -0.2) is 4.39 Å². The summed E-state index contributed by atoms with van der Waals surface area (Å²) >= 11 is 6.72. The van der Waals surface area contributed by atoms with Gasteiger partial charge < -0.3 is 10.5 Å². The van der Waals surface area contributed by atoms with E-state index in [1.807, 2.05) is 12.1 Å². The van der Waals surface area contributed by atoms with E-state index in [4.69, 9.17) is 10.5 Å². The molecule has 0 saturated heterocycles. The molecule has 2 aromatic carbocycles. The van der Waals surface area contributed by atoms with Crippen LogP contribution >= 0.6 is 31.9 Å². The van der Waals surface area contributed by atoms with Crippen LogP contribution in [0.3, 0.4) is 0 Å². The average Bonchev–Trinajstić information content (AvgIpc) is 2.34. The molecule has 0 radical (unpaired) electrons. The number of ether oxygens (including phenoxy) is 1. The number of hydrogen-bond donors (Lipinski definition) is 1. The van der Waals surface area contributed by atoms with E-state index in [0.29, 0.717) is 5.75 Å². The maximum Gasteiger partial charge on any atom is 0.166 e. The van der Waals surface area contributed by atoms with Gasteiger partial charge in [0.15, 0.2) is 11.6 Å². The van der Waals surface area contributed by atoms with E-state index < -0.39 is 5.82 Å². The lowest BCUT2D eigenvalue weighted by Gasteiger charge is -2.11. The fourth-order valence-electron chi connectivity index (χ4n) is 1.56. The first-order valence-electron chi connectivity index (χ1n) is 5.65. The summed E-state index contributed by atoms with van der Waals surface area (Å²) in [6.07, 6.45) is 0. The Kier molecular flexibility index (Phi) is 4.60. The van der Waals surface area contributed by atoms with Crippen molar-refractivity contribution in [3.63, 3.8) is 0 Å². The van der Waals surface area contributed by atoms with Crippen LogP contribution in [0.2, 0.25) is 0 Å². The van der Waals surface area contributed by atoms with Crippen molar-refractivity contribution in [2.75, 3.05) is 0 Å². The van der Waals surface area contributed by atoms with Crippen LogP contribution in [0.15, 0.2) is 45.3 Å². The van der Waals surface area contributed by atoms with E-state index in [0.717, 1.165) is 14.5 Å². The van der Waals surface area contributed by atoms with Crippen LogP contribution < -0.4 is 10.5 Å². The van der Waals surface area contributed by atoms with Gasteiger partial charge in [-0.1, -0.05) is 22.0 Å². The third-order valence-corrected chi connectivity index (χ3v) is 3.71. The Bertz CT molecular complexity index is 602. The van der Waals surface area contributed by atoms with Crippen molar-refractivity contribution in [1.29, 1.82) is 0 Å². The first-order chi connectivity index (χ1) is 8.97. The predicted molar refractivity (Wildman–Crippen MR) is 80.9 cm³/mol. The summed E-state index contributed by atoms with van der Waals surface area (Å²) < 4.78 is 21.1. The Morgan fingerprint density at radius 2 is 1.79 bits per heavy atom. The van der Waals surface area contributed by atoms with Gasteiger partial charge in [0.05, 0.1) is 4.47 Å². The Labute approximate surface area is 128 Å². The lowest BCUT2D eigenvalue weighted by molar-refractivity contribution is 0.439. The molecule has 0 heterocycles. The highest BCUT2D eigenvalue weighted by Gasteiger charge is 2.10. The average molecular weight is 389 g/mol. The molecule has 0 aliphatic rings. The van der Waals surface area contributed by atoms with Crippen molar-refractivity contribution in [3.05, 3.63) is 56.7 Å². The maximum absolute atomic E-state index is 13.9. The molecule has 2 aromatic rings. The summed E-state index contributed by atoms with van der Waals surface area (Å²) in [6.45, 7) is 1.81. The van der Waals surface area contributed by atoms with Gasteiger partial charge in [0, 0.05) is 10.5 Å². The molecule has 0 aliphatic heterocycles. The molecule has 0 aliphatic carbocycles. The zero-order chi connectivity index (χ0) is 14.0. The standard InChI is InChI=1S/C14H12Br2FNO/c1-8(18)9-2-4-14(12(17)6-9)19-13-5-3-10(15)7-11(13)16/h2-8H,18H2,1H3. The van der Waals surface area contributed by atoms with Gasteiger partial charge in [-0.15, -0.1) is 0 Å². The normalized spacial score (nSPS) is 12.3. The lowest BCUT2D eigenvalue weighted by Crippen LogP contribution is -2.05. The number of rotatable bonds is 3. The molecule has 2 N–H and O–H groups in total. The zero-order valence-corrected chi connectivity index (χ0v) is 13.3. The van der Waals surface area contributed by atoms with Crippen molar-refractivity contribution in [1.82, 2.24) is 0 Å². The predicted octanol–water partition coefficient (Wildman–Crippen LogP) is 5.16. The Hall–Kier alpha value is -0.910. The minimum atomic E-state index is -0.426. The second kappa shape index (κ2) is 6.03. The highest BCUT2D eigenvalue weighted by molar-refractivity contribution is 9.11. The van der Waals surface area contributed by atoms with Crippen LogP contribution in [-0.4, -0.2) is 0 Å². The molecule has 1 atom stereocenters. The minimum absolute atomic E-state index is 0.174. The van der Waals surface area contributed by atoms with Gasteiger partial charge in [0.25, 0.3) is 0 Å². The highest BCUT2D eigenvalue weighted by atomic mass is 79.9. The summed E-state index contributed by atoms with van der Waals surface area (Å²) in [4.78, 5) is 0. The van der Waals surface area contributed by atoms with Gasteiger partial charge in [0.2, 0.25) is 0 Å². The van der Waals surface area contributed by atoms with E-state index in [9.17, 15) is 4.39 Å². The fourth-order valence-corrected chi connectivity index (χ4v) is 2.69. The first-order valence-corrected chi connectivity index (χ1v) is 7.24. The summed E-state index contributed by atoms with van der Waals surface area (Å²) in [6, 6.07) is 9.96. The van der Waals surface area contributed by atoms with E-state index in [1.54, 1.807) is 25.1 Å². The van der Waals surface area contributed by atoms with Gasteiger partial charge in [-0.05, 0) is 58.7 Å². The molecule has 19 heavy (non-hydrogen) atoms. The van der Waals surface area contributed by atoms with E-state index in [2.05, 4.69) is 31.9 Å². The minimum Gasteiger partial charge on any atom is -0.453 e. The van der Waals surface area contributed by atoms with Gasteiger partial charge in [0.1, 0.15) is 5.75 Å². The molecular weight excluding hydrogens is 377 g/mol. The molecule has 2 rings (SSSR count). The molecule has 0 fully saturated rings. The Morgan fingerprint density at radius 3 is 2.37 bits per heavy atom. The quantitative estimate of drug-likeness (QED) is 0.787. The van der Waals surface area contributed by atoms with Crippen molar-refractivity contribution >= 4 is 31.9 Å². The van der Waals surface area contributed by atoms with E-state index in [-0.39, 0.29) is 11.8 Å². The van der Waals surface area contributed by atoms with Crippen molar-refractivity contribution in [2.45, 2.75) is 13.0 Å². The highest BCUT2D eigenvalue weighted by Crippen LogP contribution is 2.33.